The molecule has 0 radical (unpaired) electrons. The van der Waals surface area contributed by atoms with Gasteiger partial charge in [0.05, 0.1) is 6.54 Å². The molecule has 0 saturated carbocycles. The summed E-state index contributed by atoms with van der Waals surface area (Å²) in [5.74, 6) is -0.140. The predicted molar refractivity (Wildman–Crippen MR) is 126 cm³/mol. The number of nitrogens with zero attached hydrogens (tertiary/aromatic N) is 2. The fourth-order valence-corrected chi connectivity index (χ4v) is 3.39. The number of nitrogens with two attached hydrogens (primary N) is 1. The predicted octanol–water partition coefficient (Wildman–Crippen LogP) is 2.91. The van der Waals surface area contributed by atoms with Crippen LogP contribution in [0.3, 0.4) is 0 Å². The molecule has 9 heteroatoms. The highest BCUT2D eigenvalue weighted by molar-refractivity contribution is 6.30. The van der Waals surface area contributed by atoms with E-state index in [1.807, 2.05) is 39.8 Å². The van der Waals surface area contributed by atoms with Crippen molar-refractivity contribution in [2.24, 2.45) is 5.92 Å². The van der Waals surface area contributed by atoms with E-state index in [-0.39, 0.29) is 35.9 Å². The van der Waals surface area contributed by atoms with E-state index in [9.17, 15) is 14.4 Å². The molecule has 0 aliphatic rings. The van der Waals surface area contributed by atoms with E-state index in [1.165, 1.54) is 9.47 Å². The maximum atomic E-state index is 13.1. The largest absolute Gasteiger partial charge is 0.383 e. The lowest BCUT2D eigenvalue weighted by Crippen LogP contribution is -2.45. The number of carbonyl (C=O) groups is 1. The Morgan fingerprint density at radius 3 is 2.45 bits per heavy atom. The Balaban J connectivity index is 2.30. The fourth-order valence-electron chi connectivity index (χ4n) is 3.27. The van der Waals surface area contributed by atoms with E-state index in [0.717, 1.165) is 12.0 Å². The van der Waals surface area contributed by atoms with Crippen molar-refractivity contribution in [3.8, 4) is 0 Å². The van der Waals surface area contributed by atoms with Gasteiger partial charge < -0.3 is 16.0 Å². The van der Waals surface area contributed by atoms with Gasteiger partial charge in [-0.2, -0.15) is 0 Å². The number of unbranched alkanes of at least 4 members (excludes halogenated alkanes) is 1. The molecule has 1 amide bonds. The summed E-state index contributed by atoms with van der Waals surface area (Å²) >= 11 is 5.94. The Kier molecular flexibility index (Phi) is 8.88. The van der Waals surface area contributed by atoms with Gasteiger partial charge in [0.2, 0.25) is 5.91 Å². The van der Waals surface area contributed by atoms with Gasteiger partial charge in [0.15, 0.2) is 5.69 Å². The zero-order valence-corrected chi connectivity index (χ0v) is 19.3. The van der Waals surface area contributed by atoms with Crippen LogP contribution in [0.2, 0.25) is 5.02 Å². The molecule has 170 valence electrons. The molecule has 2 rings (SSSR count). The standard InChI is InChI=1S/C22H32ClN5O3/c1-5-6-11-27(18(29)12-25-15(4)16-7-9-17(23)10-8-16)19-20(24)28(13-14(2)3)22(31)26-21(19)30/h7-10,14-15,25H,5-6,11-13,24H2,1-4H3,(H,26,30,31)/t15-/m0/s1. The Hall–Kier alpha value is -2.58. The molecule has 1 atom stereocenters. The highest BCUT2D eigenvalue weighted by atomic mass is 35.5. The number of H-pyrrole nitrogens is 1. The molecular formula is C22H32ClN5O3. The van der Waals surface area contributed by atoms with Crippen molar-refractivity contribution < 1.29 is 4.79 Å². The molecule has 1 aromatic heterocycles. The number of aromatic nitrogens is 2. The van der Waals surface area contributed by atoms with Crippen LogP contribution >= 0.6 is 11.6 Å². The minimum atomic E-state index is -0.655. The quantitative estimate of drug-likeness (QED) is 0.516. The lowest BCUT2D eigenvalue weighted by Gasteiger charge is -2.26. The summed E-state index contributed by atoms with van der Waals surface area (Å²) in [6.07, 6.45) is 1.53. The van der Waals surface area contributed by atoms with Crippen molar-refractivity contribution in [2.45, 2.75) is 53.1 Å². The number of rotatable bonds is 10. The van der Waals surface area contributed by atoms with Crippen LogP contribution in [0.4, 0.5) is 11.5 Å². The van der Waals surface area contributed by atoms with Gasteiger partial charge in [-0.05, 0) is 37.0 Å². The highest BCUT2D eigenvalue weighted by Gasteiger charge is 2.24. The number of nitrogen functional groups attached to an aromatic ring is 1. The number of anilines is 2. The van der Waals surface area contributed by atoms with Crippen LogP contribution < -0.4 is 27.2 Å². The van der Waals surface area contributed by atoms with Crippen molar-refractivity contribution in [2.75, 3.05) is 23.7 Å². The molecule has 8 nitrogen and oxygen atoms in total. The minimum Gasteiger partial charge on any atom is -0.383 e. The lowest BCUT2D eigenvalue weighted by atomic mass is 10.1. The molecule has 2 aromatic rings. The second-order valence-electron chi connectivity index (χ2n) is 8.05. The number of hydrogen-bond acceptors (Lipinski definition) is 5. The van der Waals surface area contributed by atoms with Crippen LogP contribution in [0.5, 0.6) is 0 Å². The maximum Gasteiger partial charge on any atom is 0.330 e. The molecule has 0 aliphatic carbocycles. The fraction of sp³-hybridized carbons (Fsp3) is 0.500. The molecule has 1 heterocycles. The van der Waals surface area contributed by atoms with Crippen LogP contribution in [-0.2, 0) is 11.3 Å². The third-order valence-electron chi connectivity index (χ3n) is 5.00. The van der Waals surface area contributed by atoms with Crippen LogP contribution in [-0.4, -0.2) is 28.5 Å². The van der Waals surface area contributed by atoms with E-state index < -0.39 is 11.2 Å². The van der Waals surface area contributed by atoms with Crippen molar-refractivity contribution in [3.05, 3.63) is 55.7 Å². The monoisotopic (exact) mass is 449 g/mol. The van der Waals surface area contributed by atoms with Crippen LogP contribution in [0.1, 0.15) is 52.1 Å². The molecule has 0 aliphatic heterocycles. The molecule has 31 heavy (non-hydrogen) atoms. The zero-order chi connectivity index (χ0) is 23.1. The SMILES string of the molecule is CCCCN(C(=O)CN[C@@H](C)c1ccc(Cl)cc1)c1c(N)n(CC(C)C)c(=O)[nH]c1=O. The Morgan fingerprint density at radius 2 is 1.87 bits per heavy atom. The number of amides is 1. The average Bonchev–Trinajstić information content (AvgIpc) is 2.71. The average molecular weight is 450 g/mol. The smallest absolute Gasteiger partial charge is 0.330 e. The molecule has 0 spiro atoms. The van der Waals surface area contributed by atoms with Gasteiger partial charge in [-0.1, -0.05) is 50.9 Å². The Morgan fingerprint density at radius 1 is 1.23 bits per heavy atom. The van der Waals surface area contributed by atoms with Gasteiger partial charge in [0, 0.05) is 24.2 Å². The Bertz CT molecular complexity index is 998. The topological polar surface area (TPSA) is 113 Å². The molecule has 0 fully saturated rings. The van der Waals surface area contributed by atoms with Crippen LogP contribution in [0.25, 0.3) is 0 Å². The molecule has 0 unspecified atom stereocenters. The van der Waals surface area contributed by atoms with Crippen molar-refractivity contribution >= 4 is 29.0 Å². The van der Waals surface area contributed by atoms with Crippen LogP contribution in [0.15, 0.2) is 33.9 Å². The Labute approximate surface area is 187 Å². The molecule has 4 N–H and O–H groups in total. The molecule has 0 saturated heterocycles. The van der Waals surface area contributed by atoms with E-state index in [1.54, 1.807) is 12.1 Å². The lowest BCUT2D eigenvalue weighted by molar-refractivity contribution is -0.118. The van der Waals surface area contributed by atoms with E-state index in [2.05, 4.69) is 10.3 Å². The van der Waals surface area contributed by atoms with Crippen LogP contribution in [0, 0.1) is 5.92 Å². The molecule has 1 aromatic carbocycles. The summed E-state index contributed by atoms with van der Waals surface area (Å²) in [6.45, 7) is 8.51. The van der Waals surface area contributed by atoms with Crippen molar-refractivity contribution in [1.29, 1.82) is 0 Å². The molecule has 0 bridgehead atoms. The van der Waals surface area contributed by atoms with Gasteiger partial charge >= 0.3 is 5.69 Å². The number of hydrogen-bond donors (Lipinski definition) is 3. The molecular weight excluding hydrogens is 418 g/mol. The minimum absolute atomic E-state index is 0.00962. The van der Waals surface area contributed by atoms with E-state index in [0.29, 0.717) is 24.5 Å². The van der Waals surface area contributed by atoms with Gasteiger partial charge in [0.1, 0.15) is 5.82 Å². The van der Waals surface area contributed by atoms with Crippen molar-refractivity contribution in [3.63, 3.8) is 0 Å². The van der Waals surface area contributed by atoms with Gasteiger partial charge in [-0.25, -0.2) is 4.79 Å². The summed E-state index contributed by atoms with van der Waals surface area (Å²) < 4.78 is 1.32. The van der Waals surface area contributed by atoms with Gasteiger partial charge in [-0.3, -0.25) is 19.1 Å². The van der Waals surface area contributed by atoms with E-state index >= 15 is 0 Å². The first-order valence-corrected chi connectivity index (χ1v) is 10.9. The summed E-state index contributed by atoms with van der Waals surface area (Å²) in [7, 11) is 0. The first-order chi connectivity index (χ1) is 14.6. The number of halogens is 1. The number of carbonyl (C=O) groups excluding carboxylic acids is 1. The normalized spacial score (nSPS) is 12.2. The third-order valence-corrected chi connectivity index (χ3v) is 5.25. The first-order valence-electron chi connectivity index (χ1n) is 10.6. The van der Waals surface area contributed by atoms with E-state index in [4.69, 9.17) is 17.3 Å². The second kappa shape index (κ2) is 11.2. The van der Waals surface area contributed by atoms with Gasteiger partial charge in [-0.15, -0.1) is 0 Å². The summed E-state index contributed by atoms with van der Waals surface area (Å²) in [4.78, 5) is 41.7. The number of benzene rings is 1. The number of nitrogens with one attached hydrogen (secondary N) is 2. The maximum absolute atomic E-state index is 13.1. The highest BCUT2D eigenvalue weighted by Crippen LogP contribution is 2.19. The third kappa shape index (κ3) is 6.45. The summed E-state index contributed by atoms with van der Waals surface area (Å²) in [6, 6.07) is 7.28. The summed E-state index contributed by atoms with van der Waals surface area (Å²) in [5, 5.41) is 3.83. The zero-order valence-electron chi connectivity index (χ0n) is 18.6. The summed E-state index contributed by atoms with van der Waals surface area (Å²) in [5.41, 5.74) is 6.01. The first kappa shape index (κ1) is 24.7. The van der Waals surface area contributed by atoms with Gasteiger partial charge in [0.25, 0.3) is 5.56 Å². The number of aromatic amines is 1. The second-order valence-corrected chi connectivity index (χ2v) is 8.49. The van der Waals surface area contributed by atoms with Crippen molar-refractivity contribution in [1.82, 2.24) is 14.9 Å².